The summed E-state index contributed by atoms with van der Waals surface area (Å²) in [5, 5.41) is 0.188. The number of aromatic amines is 1. The molecule has 0 amide bonds. The molecule has 0 aliphatic heterocycles. The van der Waals surface area contributed by atoms with Crippen LogP contribution in [0.3, 0.4) is 0 Å². The second-order valence-corrected chi connectivity index (χ2v) is 6.19. The van der Waals surface area contributed by atoms with Crippen molar-refractivity contribution in [1.82, 2.24) is 19.4 Å². The van der Waals surface area contributed by atoms with Crippen molar-refractivity contribution in [3.05, 3.63) is 77.3 Å². The predicted octanol–water partition coefficient (Wildman–Crippen LogP) is 4.91. The van der Waals surface area contributed by atoms with Crippen LogP contribution in [0.1, 0.15) is 17.2 Å². The van der Waals surface area contributed by atoms with Crippen molar-refractivity contribution >= 4 is 17.2 Å². The summed E-state index contributed by atoms with van der Waals surface area (Å²) in [6, 6.07) is 7.12. The van der Waals surface area contributed by atoms with Crippen LogP contribution in [-0.2, 0) is 0 Å². The number of pyridine rings is 1. The number of nitrogens with one attached hydrogen (secondary N) is 1. The Kier molecular flexibility index (Phi) is 4.16. The number of aromatic nitrogens is 4. The molecular formula is C18H12ClF3N4. The van der Waals surface area contributed by atoms with Crippen molar-refractivity contribution < 1.29 is 13.2 Å². The van der Waals surface area contributed by atoms with Gasteiger partial charge in [0.2, 0.25) is 0 Å². The molecule has 0 aliphatic rings. The molecule has 8 heteroatoms. The van der Waals surface area contributed by atoms with Crippen LogP contribution in [0.15, 0.2) is 55.2 Å². The van der Waals surface area contributed by atoms with Gasteiger partial charge in [0.1, 0.15) is 11.5 Å². The van der Waals surface area contributed by atoms with Gasteiger partial charge in [0.05, 0.1) is 23.6 Å². The number of alkyl halides is 2. The zero-order valence-corrected chi connectivity index (χ0v) is 14.0. The molecule has 1 N–H and O–H groups in total. The number of hydrogen-bond acceptors (Lipinski definition) is 2. The molecule has 1 unspecified atom stereocenters. The highest BCUT2D eigenvalue weighted by atomic mass is 35.5. The second-order valence-electron chi connectivity index (χ2n) is 5.75. The van der Waals surface area contributed by atoms with Gasteiger partial charge >= 0.3 is 0 Å². The fraction of sp³-hybridized carbons (Fsp3) is 0.111. The van der Waals surface area contributed by atoms with Gasteiger partial charge in [-0.1, -0.05) is 11.6 Å². The van der Waals surface area contributed by atoms with E-state index in [4.69, 9.17) is 11.6 Å². The molecule has 0 fully saturated rings. The Hall–Kier alpha value is -2.80. The molecule has 1 atom stereocenters. The van der Waals surface area contributed by atoms with E-state index in [-0.39, 0.29) is 16.3 Å². The van der Waals surface area contributed by atoms with Gasteiger partial charge in [0, 0.05) is 34.7 Å². The van der Waals surface area contributed by atoms with Crippen LogP contribution in [0.5, 0.6) is 0 Å². The molecule has 132 valence electrons. The Bertz CT molecular complexity index is 1070. The van der Waals surface area contributed by atoms with Gasteiger partial charge in [-0.15, -0.1) is 0 Å². The van der Waals surface area contributed by atoms with Gasteiger partial charge in [-0.2, -0.15) is 0 Å². The topological polar surface area (TPSA) is 46.0 Å². The molecule has 0 aliphatic carbocycles. The Morgan fingerprint density at radius 3 is 2.77 bits per heavy atom. The van der Waals surface area contributed by atoms with Crippen LogP contribution in [0, 0.1) is 5.82 Å². The summed E-state index contributed by atoms with van der Waals surface area (Å²) in [6.07, 6.45) is 3.58. The van der Waals surface area contributed by atoms with Crippen LogP contribution < -0.4 is 0 Å². The lowest BCUT2D eigenvalue weighted by Crippen LogP contribution is -2.14. The first kappa shape index (κ1) is 16.7. The Morgan fingerprint density at radius 1 is 1.12 bits per heavy atom. The van der Waals surface area contributed by atoms with Crippen molar-refractivity contribution in [2.45, 2.75) is 12.3 Å². The summed E-state index contributed by atoms with van der Waals surface area (Å²) in [7, 11) is 0. The molecule has 0 spiro atoms. The van der Waals surface area contributed by atoms with Crippen molar-refractivity contribution in [3.8, 4) is 11.3 Å². The quantitative estimate of drug-likeness (QED) is 0.550. The molecule has 0 saturated heterocycles. The SMILES string of the molecule is Fc1ccc(Cl)cc1C(c1[nH]cnc1-c1ccc2nccn2c1)C(F)F. The predicted molar refractivity (Wildman–Crippen MR) is 92.0 cm³/mol. The maximum absolute atomic E-state index is 14.2. The highest BCUT2D eigenvalue weighted by Crippen LogP contribution is 2.37. The lowest BCUT2D eigenvalue weighted by molar-refractivity contribution is 0.126. The Labute approximate surface area is 151 Å². The van der Waals surface area contributed by atoms with Gasteiger partial charge in [-0.05, 0) is 30.3 Å². The van der Waals surface area contributed by atoms with E-state index in [0.717, 1.165) is 11.7 Å². The summed E-state index contributed by atoms with van der Waals surface area (Å²) < 4.78 is 43.8. The molecule has 0 radical (unpaired) electrons. The average molecular weight is 377 g/mol. The van der Waals surface area contributed by atoms with E-state index in [1.54, 1.807) is 35.1 Å². The zero-order chi connectivity index (χ0) is 18.3. The summed E-state index contributed by atoms with van der Waals surface area (Å²) >= 11 is 5.89. The number of halogens is 4. The fourth-order valence-electron chi connectivity index (χ4n) is 3.00. The van der Waals surface area contributed by atoms with E-state index in [1.165, 1.54) is 18.5 Å². The van der Waals surface area contributed by atoms with Gasteiger partial charge in [0.15, 0.2) is 0 Å². The summed E-state index contributed by atoms with van der Waals surface area (Å²) in [5.41, 5.74) is 1.60. The molecule has 1 aromatic carbocycles. The lowest BCUT2D eigenvalue weighted by atomic mass is 9.93. The van der Waals surface area contributed by atoms with Crippen molar-refractivity contribution in [2.75, 3.05) is 0 Å². The number of fused-ring (bicyclic) bond motifs is 1. The Balaban J connectivity index is 1.86. The van der Waals surface area contributed by atoms with Gasteiger partial charge in [-0.3, -0.25) is 0 Å². The van der Waals surface area contributed by atoms with Crippen molar-refractivity contribution in [2.24, 2.45) is 0 Å². The average Bonchev–Trinajstić information content (AvgIpc) is 3.26. The van der Waals surface area contributed by atoms with E-state index < -0.39 is 18.2 Å². The third kappa shape index (κ3) is 2.84. The molecule has 0 saturated carbocycles. The monoisotopic (exact) mass is 376 g/mol. The third-order valence-corrected chi connectivity index (χ3v) is 4.42. The normalized spacial score (nSPS) is 12.8. The lowest BCUT2D eigenvalue weighted by Gasteiger charge is -2.18. The van der Waals surface area contributed by atoms with E-state index in [1.807, 2.05) is 0 Å². The Morgan fingerprint density at radius 2 is 1.96 bits per heavy atom. The molecule has 3 heterocycles. The highest BCUT2D eigenvalue weighted by Gasteiger charge is 2.31. The summed E-state index contributed by atoms with van der Waals surface area (Å²) in [6.45, 7) is 0. The van der Waals surface area contributed by atoms with Crippen LogP contribution >= 0.6 is 11.6 Å². The first-order valence-electron chi connectivity index (χ1n) is 7.74. The van der Waals surface area contributed by atoms with E-state index in [0.29, 0.717) is 11.3 Å². The minimum Gasteiger partial charge on any atom is -0.347 e. The van der Waals surface area contributed by atoms with E-state index in [9.17, 15) is 13.2 Å². The van der Waals surface area contributed by atoms with Crippen molar-refractivity contribution in [3.63, 3.8) is 0 Å². The van der Waals surface area contributed by atoms with Crippen LogP contribution in [-0.4, -0.2) is 25.8 Å². The van der Waals surface area contributed by atoms with Gasteiger partial charge in [0.25, 0.3) is 6.43 Å². The molecule has 4 rings (SSSR count). The molecule has 4 aromatic rings. The minimum absolute atomic E-state index is 0.126. The third-order valence-electron chi connectivity index (χ3n) is 4.19. The summed E-state index contributed by atoms with van der Waals surface area (Å²) in [4.78, 5) is 11.1. The highest BCUT2D eigenvalue weighted by molar-refractivity contribution is 6.30. The van der Waals surface area contributed by atoms with Crippen molar-refractivity contribution in [1.29, 1.82) is 0 Å². The number of rotatable bonds is 4. The van der Waals surface area contributed by atoms with Crippen LogP contribution in [0.4, 0.5) is 13.2 Å². The number of H-pyrrole nitrogens is 1. The largest absolute Gasteiger partial charge is 0.347 e. The molecular weight excluding hydrogens is 365 g/mol. The fourth-order valence-corrected chi connectivity index (χ4v) is 3.18. The number of nitrogens with zero attached hydrogens (tertiary/aromatic N) is 3. The van der Waals surface area contributed by atoms with E-state index >= 15 is 0 Å². The molecule has 26 heavy (non-hydrogen) atoms. The number of imidazole rings is 2. The maximum Gasteiger partial charge on any atom is 0.251 e. The standard InChI is InChI=1S/C18H12ClF3N4/c19-11-2-3-13(20)12(7-11)15(18(21)22)17-16(24-9-25-17)10-1-4-14-23-5-6-26(14)8-10/h1-9,15,18H,(H,24,25). The molecule has 3 aromatic heterocycles. The smallest absolute Gasteiger partial charge is 0.251 e. The molecule has 0 bridgehead atoms. The first-order chi connectivity index (χ1) is 12.5. The molecule has 4 nitrogen and oxygen atoms in total. The van der Waals surface area contributed by atoms with Gasteiger partial charge in [-0.25, -0.2) is 23.1 Å². The van der Waals surface area contributed by atoms with E-state index in [2.05, 4.69) is 15.0 Å². The number of hydrogen-bond donors (Lipinski definition) is 1. The minimum atomic E-state index is -2.85. The van der Waals surface area contributed by atoms with Gasteiger partial charge < -0.3 is 9.38 Å². The van der Waals surface area contributed by atoms with Crippen LogP contribution in [0.2, 0.25) is 5.02 Å². The maximum atomic E-state index is 14.2. The first-order valence-corrected chi connectivity index (χ1v) is 8.12. The number of benzene rings is 1. The summed E-state index contributed by atoms with van der Waals surface area (Å²) in [5.74, 6) is -2.27. The second kappa shape index (κ2) is 6.49. The van der Waals surface area contributed by atoms with Crippen LogP contribution in [0.25, 0.3) is 16.9 Å². The zero-order valence-electron chi connectivity index (χ0n) is 13.2.